The first-order chi connectivity index (χ1) is 12.9. The van der Waals surface area contributed by atoms with Crippen LogP contribution in [0.1, 0.15) is 21.7 Å². The molecule has 0 aliphatic heterocycles. The van der Waals surface area contributed by atoms with Crippen LogP contribution in [0.25, 0.3) is 11.0 Å². The minimum Gasteiger partial charge on any atom is -0.496 e. The lowest BCUT2D eigenvalue weighted by Crippen LogP contribution is -2.24. The third-order valence-electron chi connectivity index (χ3n) is 4.43. The van der Waals surface area contributed by atoms with Crippen molar-refractivity contribution in [1.29, 1.82) is 0 Å². The molecular weight excluding hydrogens is 356 g/mol. The van der Waals surface area contributed by atoms with Crippen molar-refractivity contribution in [1.82, 2.24) is 14.9 Å². The molecule has 0 bridgehead atoms. The van der Waals surface area contributed by atoms with E-state index in [1.165, 1.54) is 7.11 Å². The number of methoxy groups -OCH3 is 2. The summed E-state index contributed by atoms with van der Waals surface area (Å²) < 4.78 is 39.6. The molecular formula is C19H19F2N3O3. The number of imidazole rings is 1. The lowest BCUT2D eigenvalue weighted by Gasteiger charge is -2.13. The zero-order valence-corrected chi connectivity index (χ0v) is 15.4. The Morgan fingerprint density at radius 1 is 1.19 bits per heavy atom. The highest BCUT2D eigenvalue weighted by atomic mass is 19.1. The maximum atomic E-state index is 13.8. The molecule has 1 amide bonds. The van der Waals surface area contributed by atoms with Crippen LogP contribution in [0.15, 0.2) is 24.3 Å². The van der Waals surface area contributed by atoms with Crippen LogP contribution >= 0.6 is 0 Å². The molecule has 3 aromatic rings. The maximum absolute atomic E-state index is 13.8. The number of nitrogens with zero attached hydrogens (tertiary/aromatic N) is 2. The summed E-state index contributed by atoms with van der Waals surface area (Å²) in [5.74, 6) is -1.63. The van der Waals surface area contributed by atoms with Gasteiger partial charge < -0.3 is 19.4 Å². The molecule has 0 aliphatic rings. The van der Waals surface area contributed by atoms with Gasteiger partial charge in [0.05, 0.1) is 25.3 Å². The van der Waals surface area contributed by atoms with Gasteiger partial charge in [0.25, 0.3) is 5.91 Å². The minimum atomic E-state index is -0.940. The Balaban J connectivity index is 1.92. The van der Waals surface area contributed by atoms with E-state index in [1.54, 1.807) is 6.07 Å². The van der Waals surface area contributed by atoms with E-state index < -0.39 is 23.3 Å². The van der Waals surface area contributed by atoms with Gasteiger partial charge in [-0.1, -0.05) is 0 Å². The van der Waals surface area contributed by atoms with Crippen molar-refractivity contribution in [3.8, 4) is 11.5 Å². The van der Waals surface area contributed by atoms with Gasteiger partial charge in [-0.25, -0.2) is 13.8 Å². The summed E-state index contributed by atoms with van der Waals surface area (Å²) in [6.07, 6.45) is 0. The van der Waals surface area contributed by atoms with Gasteiger partial charge >= 0.3 is 0 Å². The number of rotatable bonds is 5. The molecule has 3 rings (SSSR count). The Labute approximate surface area is 154 Å². The fourth-order valence-corrected chi connectivity index (χ4v) is 3.00. The number of halogens is 2. The van der Waals surface area contributed by atoms with Gasteiger partial charge in [0, 0.05) is 24.7 Å². The highest BCUT2D eigenvalue weighted by Crippen LogP contribution is 2.28. The molecule has 6 nitrogen and oxygen atoms in total. The second-order valence-corrected chi connectivity index (χ2v) is 5.99. The van der Waals surface area contributed by atoms with Gasteiger partial charge in [-0.2, -0.15) is 0 Å². The van der Waals surface area contributed by atoms with Crippen molar-refractivity contribution >= 4 is 16.9 Å². The van der Waals surface area contributed by atoms with Crippen molar-refractivity contribution in [2.24, 2.45) is 7.05 Å². The number of aromatic nitrogens is 2. The standard InChI is InChI=1S/C19H19F2N3O3/c1-10-23-15-5-6-16(26-3)12(17(15)24(10)2)9-22-19(25)11-7-13(20)18(27-4)14(21)8-11/h5-8H,9H2,1-4H3,(H,22,25). The number of ether oxygens (including phenoxy) is 2. The number of aryl methyl sites for hydroxylation is 2. The van der Waals surface area contributed by atoms with E-state index in [0.29, 0.717) is 5.75 Å². The Bertz CT molecular complexity index is 1010. The van der Waals surface area contributed by atoms with Crippen molar-refractivity contribution in [2.45, 2.75) is 13.5 Å². The smallest absolute Gasteiger partial charge is 0.251 e. The fourth-order valence-electron chi connectivity index (χ4n) is 3.00. The molecule has 8 heteroatoms. The summed E-state index contributed by atoms with van der Waals surface area (Å²) in [7, 11) is 4.55. The van der Waals surface area contributed by atoms with Crippen LogP contribution in [-0.2, 0) is 13.6 Å². The summed E-state index contributed by atoms with van der Waals surface area (Å²) in [5, 5.41) is 2.68. The lowest BCUT2D eigenvalue weighted by molar-refractivity contribution is 0.0949. The Hall–Kier alpha value is -3.16. The quantitative estimate of drug-likeness (QED) is 0.744. The van der Waals surface area contributed by atoms with E-state index in [0.717, 1.165) is 41.7 Å². The predicted octanol–water partition coefficient (Wildman–Crippen LogP) is 3.11. The van der Waals surface area contributed by atoms with Crippen LogP contribution in [0, 0.1) is 18.6 Å². The van der Waals surface area contributed by atoms with E-state index in [9.17, 15) is 13.6 Å². The Morgan fingerprint density at radius 2 is 1.85 bits per heavy atom. The molecule has 0 saturated carbocycles. The van der Waals surface area contributed by atoms with Gasteiger partial charge in [0.2, 0.25) is 0 Å². The Morgan fingerprint density at radius 3 is 2.44 bits per heavy atom. The van der Waals surface area contributed by atoms with Gasteiger partial charge in [-0.3, -0.25) is 4.79 Å². The molecule has 1 heterocycles. The second-order valence-electron chi connectivity index (χ2n) is 5.99. The number of fused-ring (bicyclic) bond motifs is 1. The van der Waals surface area contributed by atoms with Crippen molar-refractivity contribution in [3.05, 3.63) is 52.9 Å². The van der Waals surface area contributed by atoms with Crippen molar-refractivity contribution in [3.63, 3.8) is 0 Å². The predicted molar refractivity (Wildman–Crippen MR) is 96.1 cm³/mol. The number of carbonyl (C=O) groups is 1. The minimum absolute atomic E-state index is 0.105. The number of nitrogens with one attached hydrogen (secondary N) is 1. The lowest BCUT2D eigenvalue weighted by atomic mass is 10.1. The molecule has 1 N–H and O–H groups in total. The molecule has 0 fully saturated rings. The number of hydrogen-bond acceptors (Lipinski definition) is 4. The van der Waals surface area contributed by atoms with Crippen LogP contribution in [-0.4, -0.2) is 29.7 Å². The van der Waals surface area contributed by atoms with Gasteiger partial charge in [0.1, 0.15) is 11.6 Å². The summed E-state index contributed by atoms with van der Waals surface area (Å²) in [6.45, 7) is 1.98. The average molecular weight is 375 g/mol. The van der Waals surface area contributed by atoms with Gasteiger partial charge in [-0.05, 0) is 31.2 Å². The zero-order valence-electron chi connectivity index (χ0n) is 15.4. The summed E-state index contributed by atoms with van der Waals surface area (Å²) in [4.78, 5) is 16.9. The summed E-state index contributed by atoms with van der Waals surface area (Å²) in [6, 6.07) is 5.47. The highest BCUT2D eigenvalue weighted by Gasteiger charge is 2.18. The molecule has 2 aromatic carbocycles. The number of amides is 1. The zero-order chi connectivity index (χ0) is 19.7. The molecule has 0 unspecified atom stereocenters. The molecule has 27 heavy (non-hydrogen) atoms. The molecule has 1 aromatic heterocycles. The Kier molecular flexibility index (Phi) is 4.98. The number of hydrogen-bond donors (Lipinski definition) is 1. The largest absolute Gasteiger partial charge is 0.496 e. The van der Waals surface area contributed by atoms with E-state index in [2.05, 4.69) is 15.0 Å². The van der Waals surface area contributed by atoms with E-state index in [-0.39, 0.29) is 12.1 Å². The molecule has 0 radical (unpaired) electrons. The first-order valence-electron chi connectivity index (χ1n) is 8.17. The maximum Gasteiger partial charge on any atom is 0.251 e. The summed E-state index contributed by atoms with van der Waals surface area (Å²) in [5.41, 5.74) is 2.17. The third kappa shape index (κ3) is 3.30. The van der Waals surface area contributed by atoms with Crippen molar-refractivity contribution < 1.29 is 23.0 Å². The van der Waals surface area contributed by atoms with E-state index >= 15 is 0 Å². The number of benzene rings is 2. The average Bonchev–Trinajstić information content (AvgIpc) is 2.93. The highest BCUT2D eigenvalue weighted by molar-refractivity contribution is 5.94. The van der Waals surface area contributed by atoms with Crippen molar-refractivity contribution in [2.75, 3.05) is 14.2 Å². The first-order valence-corrected chi connectivity index (χ1v) is 8.17. The molecule has 0 saturated heterocycles. The van der Waals surface area contributed by atoms with Gasteiger partial charge in [-0.15, -0.1) is 0 Å². The SMILES string of the molecule is COc1ccc2nc(C)n(C)c2c1CNC(=O)c1cc(F)c(OC)c(F)c1. The van der Waals surface area contributed by atoms with Crippen LogP contribution in [0.3, 0.4) is 0 Å². The monoisotopic (exact) mass is 375 g/mol. The molecule has 142 valence electrons. The first kappa shape index (κ1) is 18.6. The summed E-state index contributed by atoms with van der Waals surface area (Å²) >= 11 is 0. The normalized spacial score (nSPS) is 10.9. The van der Waals surface area contributed by atoms with Crippen LogP contribution in [0.4, 0.5) is 8.78 Å². The number of carbonyl (C=O) groups excluding carboxylic acids is 1. The van der Waals surface area contributed by atoms with Crippen LogP contribution in [0.2, 0.25) is 0 Å². The fraction of sp³-hybridized carbons (Fsp3) is 0.263. The third-order valence-corrected chi connectivity index (χ3v) is 4.43. The van der Waals surface area contributed by atoms with Crippen LogP contribution in [0.5, 0.6) is 11.5 Å². The molecule has 0 spiro atoms. The van der Waals surface area contributed by atoms with Gasteiger partial charge in [0.15, 0.2) is 17.4 Å². The molecule has 0 atom stereocenters. The van der Waals surface area contributed by atoms with E-state index in [4.69, 9.17) is 4.74 Å². The van der Waals surface area contributed by atoms with Crippen LogP contribution < -0.4 is 14.8 Å². The van der Waals surface area contributed by atoms with E-state index in [1.807, 2.05) is 24.6 Å². The molecule has 0 aliphatic carbocycles. The topological polar surface area (TPSA) is 65.4 Å². The second kappa shape index (κ2) is 7.22.